The van der Waals surface area contributed by atoms with Gasteiger partial charge in [0.05, 0.1) is 19.2 Å². The minimum Gasteiger partial charge on any atom is -0.395 e. The van der Waals surface area contributed by atoms with Crippen LogP contribution in [0.25, 0.3) is 0 Å². The summed E-state index contributed by atoms with van der Waals surface area (Å²) in [6.45, 7) is 4.47. The van der Waals surface area contributed by atoms with Gasteiger partial charge in [-0.3, -0.25) is 24.3 Å². The molecule has 2 fully saturated rings. The Labute approximate surface area is 177 Å². The number of imide groups is 1. The predicted octanol–water partition coefficient (Wildman–Crippen LogP) is 1.76. The highest BCUT2D eigenvalue weighted by atomic mass is 16.3. The van der Waals surface area contributed by atoms with Gasteiger partial charge in [0, 0.05) is 45.1 Å². The van der Waals surface area contributed by atoms with Crippen LogP contribution in [0.3, 0.4) is 0 Å². The molecule has 0 spiro atoms. The van der Waals surface area contributed by atoms with E-state index in [4.69, 9.17) is 5.11 Å². The monoisotopic (exact) mass is 407 g/mol. The predicted molar refractivity (Wildman–Crippen MR) is 115 cm³/mol. The Morgan fingerprint density at radius 3 is 1.90 bits per heavy atom. The van der Waals surface area contributed by atoms with Gasteiger partial charge in [-0.15, -0.1) is 0 Å². The first-order valence-corrected chi connectivity index (χ1v) is 10.7. The number of β-amino-alcohol motifs (C(OH)–C–C–N with tert-alkyl or cyclic N) is 1. The molecule has 30 heavy (non-hydrogen) atoms. The third-order valence-corrected chi connectivity index (χ3v) is 6.22. The molecule has 0 aliphatic carbocycles. The van der Waals surface area contributed by atoms with Crippen LogP contribution in [-0.4, -0.2) is 77.6 Å². The summed E-state index contributed by atoms with van der Waals surface area (Å²) >= 11 is 0. The molecule has 2 heterocycles. The topological polar surface area (TPSA) is 64.1 Å². The van der Waals surface area contributed by atoms with E-state index in [0.29, 0.717) is 13.2 Å². The molecule has 0 saturated carbocycles. The second-order valence-electron chi connectivity index (χ2n) is 8.09. The Bertz CT molecular complexity index is 811. The number of rotatable bonds is 7. The van der Waals surface area contributed by atoms with E-state index in [2.05, 4.69) is 9.80 Å². The number of hydrogen-bond donors (Lipinski definition) is 1. The summed E-state index contributed by atoms with van der Waals surface area (Å²) in [6, 6.07) is 20.0. The van der Waals surface area contributed by atoms with Crippen molar-refractivity contribution in [2.75, 3.05) is 46.0 Å². The van der Waals surface area contributed by atoms with Crippen molar-refractivity contribution in [3.05, 3.63) is 71.8 Å². The summed E-state index contributed by atoms with van der Waals surface area (Å²) < 4.78 is 0. The molecular weight excluding hydrogens is 378 g/mol. The van der Waals surface area contributed by atoms with Crippen molar-refractivity contribution < 1.29 is 14.7 Å². The zero-order valence-electron chi connectivity index (χ0n) is 17.2. The molecule has 1 N–H and O–H groups in total. The van der Waals surface area contributed by atoms with E-state index in [1.54, 1.807) is 0 Å². The molecule has 1 atom stereocenters. The van der Waals surface area contributed by atoms with Gasteiger partial charge < -0.3 is 5.11 Å². The first-order chi connectivity index (χ1) is 14.7. The van der Waals surface area contributed by atoms with Crippen LogP contribution in [0.4, 0.5) is 0 Å². The zero-order chi connectivity index (χ0) is 20.9. The number of likely N-dealkylation sites (tertiary alicyclic amines) is 1. The number of carbonyl (C=O) groups excluding carboxylic acids is 2. The van der Waals surface area contributed by atoms with Gasteiger partial charge in [0.25, 0.3) is 0 Å². The van der Waals surface area contributed by atoms with E-state index in [9.17, 15) is 9.59 Å². The van der Waals surface area contributed by atoms with Crippen LogP contribution in [-0.2, 0) is 9.59 Å². The van der Waals surface area contributed by atoms with Gasteiger partial charge in [-0.25, -0.2) is 0 Å². The summed E-state index contributed by atoms with van der Waals surface area (Å²) in [6.07, 6.45) is 0.248. The van der Waals surface area contributed by atoms with Crippen LogP contribution in [0.15, 0.2) is 60.7 Å². The second kappa shape index (κ2) is 9.51. The average Bonchev–Trinajstić information content (AvgIpc) is 3.05. The Morgan fingerprint density at radius 1 is 0.833 bits per heavy atom. The van der Waals surface area contributed by atoms with Gasteiger partial charge >= 0.3 is 0 Å². The standard InChI is InChI=1S/C24H29N3O3/c28-16-15-25-11-13-26(14-12-25)18-27-22(29)17-21(24(27)30)23(19-7-3-1-4-8-19)20-9-5-2-6-10-20/h1-10,21,23,28H,11-18H2. The lowest BCUT2D eigenvalue weighted by atomic mass is 9.80. The van der Waals surface area contributed by atoms with Crippen LogP contribution in [0.1, 0.15) is 23.5 Å². The van der Waals surface area contributed by atoms with E-state index in [-0.39, 0.29) is 36.7 Å². The Morgan fingerprint density at radius 2 is 1.37 bits per heavy atom. The summed E-state index contributed by atoms with van der Waals surface area (Å²) in [7, 11) is 0. The first-order valence-electron chi connectivity index (χ1n) is 10.7. The highest BCUT2D eigenvalue weighted by Gasteiger charge is 2.44. The lowest BCUT2D eigenvalue weighted by Gasteiger charge is -2.36. The van der Waals surface area contributed by atoms with Crippen molar-refractivity contribution in [1.29, 1.82) is 0 Å². The van der Waals surface area contributed by atoms with E-state index in [0.717, 1.165) is 37.3 Å². The van der Waals surface area contributed by atoms with Crippen molar-refractivity contribution in [1.82, 2.24) is 14.7 Å². The summed E-state index contributed by atoms with van der Waals surface area (Å²) in [5, 5.41) is 9.10. The summed E-state index contributed by atoms with van der Waals surface area (Å²) in [5.74, 6) is -0.664. The van der Waals surface area contributed by atoms with Crippen molar-refractivity contribution in [3.63, 3.8) is 0 Å². The quantitative estimate of drug-likeness (QED) is 0.709. The minimum atomic E-state index is -0.377. The van der Waals surface area contributed by atoms with Gasteiger partial charge in [-0.05, 0) is 11.1 Å². The fourth-order valence-corrected chi connectivity index (χ4v) is 4.59. The molecule has 6 nitrogen and oxygen atoms in total. The Balaban J connectivity index is 1.50. The molecule has 0 bridgehead atoms. The van der Waals surface area contributed by atoms with Crippen molar-refractivity contribution in [3.8, 4) is 0 Å². The van der Waals surface area contributed by atoms with E-state index in [1.807, 2.05) is 60.7 Å². The largest absolute Gasteiger partial charge is 0.395 e. The SMILES string of the molecule is O=C1CC(C(c2ccccc2)c2ccccc2)C(=O)N1CN1CCN(CCO)CC1. The smallest absolute Gasteiger partial charge is 0.234 e. The average molecular weight is 408 g/mol. The lowest BCUT2D eigenvalue weighted by Crippen LogP contribution is -2.51. The molecule has 4 rings (SSSR count). The minimum absolute atomic E-state index is 0.0736. The molecule has 2 saturated heterocycles. The normalized spacial score (nSPS) is 21.0. The van der Waals surface area contributed by atoms with Gasteiger partial charge in [-0.1, -0.05) is 60.7 Å². The molecule has 0 aromatic heterocycles. The van der Waals surface area contributed by atoms with E-state index in [1.165, 1.54) is 4.90 Å². The highest BCUT2D eigenvalue weighted by molar-refractivity contribution is 6.04. The van der Waals surface area contributed by atoms with Gasteiger partial charge in [-0.2, -0.15) is 0 Å². The fraction of sp³-hybridized carbons (Fsp3) is 0.417. The number of piperazine rings is 1. The number of benzene rings is 2. The highest BCUT2D eigenvalue weighted by Crippen LogP contribution is 2.38. The van der Waals surface area contributed by atoms with Gasteiger partial charge in [0.1, 0.15) is 0 Å². The molecule has 2 aliphatic rings. The fourth-order valence-electron chi connectivity index (χ4n) is 4.59. The summed E-state index contributed by atoms with van der Waals surface area (Å²) in [4.78, 5) is 32.0. The van der Waals surface area contributed by atoms with E-state index >= 15 is 0 Å². The van der Waals surface area contributed by atoms with Crippen molar-refractivity contribution >= 4 is 11.8 Å². The molecule has 1 unspecified atom stereocenters. The Hall–Kier alpha value is -2.54. The number of aliphatic hydroxyl groups excluding tert-OH is 1. The molecule has 2 aromatic carbocycles. The second-order valence-corrected chi connectivity index (χ2v) is 8.09. The molecule has 2 aromatic rings. The maximum absolute atomic E-state index is 13.4. The van der Waals surface area contributed by atoms with Crippen LogP contribution in [0.5, 0.6) is 0 Å². The Kier molecular flexibility index (Phi) is 6.57. The summed E-state index contributed by atoms with van der Waals surface area (Å²) in [5.41, 5.74) is 2.13. The molecule has 0 radical (unpaired) electrons. The molecule has 158 valence electrons. The van der Waals surface area contributed by atoms with Gasteiger partial charge in [0.15, 0.2) is 0 Å². The number of carbonyl (C=O) groups is 2. The van der Waals surface area contributed by atoms with Crippen molar-refractivity contribution in [2.45, 2.75) is 12.3 Å². The number of hydrogen-bond acceptors (Lipinski definition) is 5. The van der Waals surface area contributed by atoms with Crippen LogP contribution in [0, 0.1) is 5.92 Å². The first kappa shape index (κ1) is 20.7. The maximum Gasteiger partial charge on any atom is 0.234 e. The van der Waals surface area contributed by atoms with Gasteiger partial charge in [0.2, 0.25) is 11.8 Å². The third kappa shape index (κ3) is 4.46. The van der Waals surface area contributed by atoms with Crippen LogP contribution < -0.4 is 0 Å². The number of aliphatic hydroxyl groups is 1. The third-order valence-electron chi connectivity index (χ3n) is 6.22. The number of amides is 2. The van der Waals surface area contributed by atoms with Crippen LogP contribution in [0.2, 0.25) is 0 Å². The lowest BCUT2D eigenvalue weighted by molar-refractivity contribution is -0.142. The van der Waals surface area contributed by atoms with Crippen LogP contribution >= 0.6 is 0 Å². The van der Waals surface area contributed by atoms with Crippen molar-refractivity contribution in [2.24, 2.45) is 5.92 Å². The molecule has 6 heteroatoms. The maximum atomic E-state index is 13.4. The molecular formula is C24H29N3O3. The van der Waals surface area contributed by atoms with E-state index < -0.39 is 0 Å². The number of nitrogens with zero attached hydrogens (tertiary/aromatic N) is 3. The molecule has 2 amide bonds. The zero-order valence-corrected chi connectivity index (χ0v) is 17.2. The molecule has 2 aliphatic heterocycles.